The number of hydrogen-bond donors (Lipinski definition) is 1. The van der Waals surface area contributed by atoms with Gasteiger partial charge in [0.05, 0.1) is 18.8 Å². The first-order chi connectivity index (χ1) is 10.5. The van der Waals surface area contributed by atoms with Crippen LogP contribution in [0.5, 0.6) is 0 Å². The van der Waals surface area contributed by atoms with E-state index in [1.807, 2.05) is 43.3 Å². The molecule has 0 radical (unpaired) electrons. The van der Waals surface area contributed by atoms with Gasteiger partial charge in [0.1, 0.15) is 11.5 Å². The molecule has 2 rings (SSSR count). The number of nitrogens with zero attached hydrogens (tertiary/aromatic N) is 1. The highest BCUT2D eigenvalue weighted by Crippen LogP contribution is 2.21. The van der Waals surface area contributed by atoms with Crippen LogP contribution in [0.1, 0.15) is 25.4 Å². The van der Waals surface area contributed by atoms with E-state index >= 15 is 0 Å². The van der Waals surface area contributed by atoms with Gasteiger partial charge in [-0.2, -0.15) is 0 Å². The molecule has 0 fully saturated rings. The molecular formula is C17H21BrN2O2. The third-order valence-corrected chi connectivity index (χ3v) is 4.07. The first-order valence-corrected chi connectivity index (χ1v) is 8.08. The molecule has 4 nitrogen and oxygen atoms in total. The Hall–Kier alpha value is -1.59. The normalized spacial score (nSPS) is 11.2. The van der Waals surface area contributed by atoms with Gasteiger partial charge in [-0.1, -0.05) is 12.1 Å². The number of anilines is 1. The number of carbonyl (C=O) groups excluding carboxylic acids is 1. The third-order valence-electron chi connectivity index (χ3n) is 3.38. The van der Waals surface area contributed by atoms with Crippen LogP contribution in [0.4, 0.5) is 5.69 Å². The van der Waals surface area contributed by atoms with Gasteiger partial charge in [0, 0.05) is 10.5 Å². The number of carbonyl (C=O) groups is 1. The van der Waals surface area contributed by atoms with Crippen molar-refractivity contribution in [3.05, 3.63) is 52.4 Å². The second kappa shape index (κ2) is 7.61. The van der Waals surface area contributed by atoms with Crippen molar-refractivity contribution in [2.24, 2.45) is 0 Å². The predicted molar refractivity (Wildman–Crippen MR) is 91.8 cm³/mol. The summed E-state index contributed by atoms with van der Waals surface area (Å²) in [5.74, 6) is 1.72. The number of benzene rings is 1. The molecule has 0 spiro atoms. The smallest absolute Gasteiger partial charge is 0.238 e. The molecule has 0 aliphatic carbocycles. The van der Waals surface area contributed by atoms with Gasteiger partial charge in [-0.15, -0.1) is 0 Å². The summed E-state index contributed by atoms with van der Waals surface area (Å²) < 4.78 is 6.48. The van der Waals surface area contributed by atoms with Crippen LogP contribution in [0.25, 0.3) is 0 Å². The summed E-state index contributed by atoms with van der Waals surface area (Å²) in [4.78, 5) is 14.3. The highest BCUT2D eigenvalue weighted by atomic mass is 79.9. The van der Waals surface area contributed by atoms with E-state index in [9.17, 15) is 4.79 Å². The Morgan fingerprint density at radius 2 is 2.00 bits per heavy atom. The average Bonchev–Trinajstić information content (AvgIpc) is 2.86. The van der Waals surface area contributed by atoms with Crippen molar-refractivity contribution in [3.63, 3.8) is 0 Å². The quantitative estimate of drug-likeness (QED) is 0.835. The molecule has 0 unspecified atom stereocenters. The van der Waals surface area contributed by atoms with Gasteiger partial charge in [0.2, 0.25) is 5.91 Å². The number of aryl methyl sites for hydroxylation is 1. The minimum Gasteiger partial charge on any atom is -0.465 e. The number of nitrogens with one attached hydrogen (secondary N) is 1. The van der Waals surface area contributed by atoms with Crippen LogP contribution in [0.3, 0.4) is 0 Å². The summed E-state index contributed by atoms with van der Waals surface area (Å²) in [6.45, 7) is 7.00. The van der Waals surface area contributed by atoms with E-state index in [4.69, 9.17) is 4.42 Å². The zero-order valence-corrected chi connectivity index (χ0v) is 14.7. The fourth-order valence-electron chi connectivity index (χ4n) is 2.13. The number of halogens is 1. The molecule has 1 aromatic carbocycles. The Labute approximate surface area is 139 Å². The maximum Gasteiger partial charge on any atom is 0.238 e. The van der Waals surface area contributed by atoms with E-state index in [0.29, 0.717) is 13.1 Å². The molecule has 0 aliphatic heterocycles. The van der Waals surface area contributed by atoms with Gasteiger partial charge >= 0.3 is 0 Å². The molecule has 1 amide bonds. The lowest BCUT2D eigenvalue weighted by molar-refractivity contribution is -0.117. The van der Waals surface area contributed by atoms with Gasteiger partial charge in [-0.25, -0.2) is 0 Å². The van der Waals surface area contributed by atoms with Crippen LogP contribution in [-0.2, 0) is 11.3 Å². The van der Waals surface area contributed by atoms with Crippen LogP contribution in [-0.4, -0.2) is 23.4 Å². The van der Waals surface area contributed by atoms with Crippen molar-refractivity contribution in [2.75, 3.05) is 11.9 Å². The van der Waals surface area contributed by atoms with Crippen molar-refractivity contribution < 1.29 is 9.21 Å². The molecule has 5 heteroatoms. The SMILES string of the molecule is Cc1ccc(CN(CC(=O)Nc2ccccc2Br)C(C)C)o1. The molecule has 0 saturated heterocycles. The van der Waals surface area contributed by atoms with Crippen molar-refractivity contribution >= 4 is 27.5 Å². The van der Waals surface area contributed by atoms with Crippen molar-refractivity contribution in [3.8, 4) is 0 Å². The van der Waals surface area contributed by atoms with Crippen LogP contribution in [0, 0.1) is 6.92 Å². The van der Waals surface area contributed by atoms with E-state index in [-0.39, 0.29) is 11.9 Å². The standard InChI is InChI=1S/C17H21BrN2O2/c1-12(2)20(10-14-9-8-13(3)22-14)11-17(21)19-16-7-5-4-6-15(16)18/h4-9,12H,10-11H2,1-3H3,(H,19,21). The summed E-state index contributed by atoms with van der Waals surface area (Å²) in [7, 11) is 0. The van der Waals surface area contributed by atoms with Crippen LogP contribution < -0.4 is 5.32 Å². The fourth-order valence-corrected chi connectivity index (χ4v) is 2.51. The maximum atomic E-state index is 12.3. The lowest BCUT2D eigenvalue weighted by Gasteiger charge is -2.24. The third kappa shape index (κ3) is 4.71. The van der Waals surface area contributed by atoms with Gasteiger partial charge in [-0.3, -0.25) is 9.69 Å². The second-order valence-corrected chi connectivity index (χ2v) is 6.39. The van der Waals surface area contributed by atoms with Crippen LogP contribution in [0.15, 0.2) is 45.3 Å². The molecule has 1 heterocycles. The minimum absolute atomic E-state index is 0.0381. The van der Waals surface area contributed by atoms with Gasteiger partial charge < -0.3 is 9.73 Å². The van der Waals surface area contributed by atoms with E-state index < -0.39 is 0 Å². The summed E-state index contributed by atoms with van der Waals surface area (Å²) in [6, 6.07) is 11.7. The monoisotopic (exact) mass is 364 g/mol. The lowest BCUT2D eigenvalue weighted by atomic mass is 10.2. The maximum absolute atomic E-state index is 12.3. The van der Waals surface area contributed by atoms with Crippen molar-refractivity contribution in [1.29, 1.82) is 0 Å². The highest BCUT2D eigenvalue weighted by Gasteiger charge is 2.16. The summed E-state index contributed by atoms with van der Waals surface area (Å²) in [5.41, 5.74) is 0.782. The van der Waals surface area contributed by atoms with Gasteiger partial charge in [-0.05, 0) is 61.0 Å². The van der Waals surface area contributed by atoms with Crippen LogP contribution >= 0.6 is 15.9 Å². The first-order valence-electron chi connectivity index (χ1n) is 7.29. The topological polar surface area (TPSA) is 45.5 Å². The predicted octanol–water partition coefficient (Wildman–Crippen LogP) is 4.20. The van der Waals surface area contributed by atoms with E-state index in [2.05, 4.69) is 40.0 Å². The largest absolute Gasteiger partial charge is 0.465 e. The number of para-hydroxylation sites is 1. The Morgan fingerprint density at radius 3 is 2.59 bits per heavy atom. The Bertz CT molecular complexity index is 637. The summed E-state index contributed by atoms with van der Waals surface area (Å²) in [5, 5.41) is 2.93. The van der Waals surface area contributed by atoms with Crippen molar-refractivity contribution in [2.45, 2.75) is 33.4 Å². The number of amides is 1. The first kappa shape index (κ1) is 16.8. The molecule has 1 N–H and O–H groups in total. The number of furan rings is 1. The van der Waals surface area contributed by atoms with Gasteiger partial charge in [0.15, 0.2) is 0 Å². The molecule has 0 saturated carbocycles. The fraction of sp³-hybridized carbons (Fsp3) is 0.353. The van der Waals surface area contributed by atoms with E-state index in [1.54, 1.807) is 0 Å². The molecule has 1 aromatic heterocycles. The Kier molecular flexibility index (Phi) is 5.80. The lowest BCUT2D eigenvalue weighted by Crippen LogP contribution is -2.37. The zero-order chi connectivity index (χ0) is 16.1. The Morgan fingerprint density at radius 1 is 1.27 bits per heavy atom. The summed E-state index contributed by atoms with van der Waals surface area (Å²) in [6.07, 6.45) is 0. The average molecular weight is 365 g/mol. The molecule has 118 valence electrons. The molecule has 22 heavy (non-hydrogen) atoms. The molecule has 0 atom stereocenters. The van der Waals surface area contributed by atoms with Crippen LogP contribution in [0.2, 0.25) is 0 Å². The summed E-state index contributed by atoms with van der Waals surface area (Å²) >= 11 is 3.43. The number of rotatable bonds is 6. The molecule has 2 aromatic rings. The molecular weight excluding hydrogens is 344 g/mol. The minimum atomic E-state index is -0.0381. The highest BCUT2D eigenvalue weighted by molar-refractivity contribution is 9.10. The van der Waals surface area contributed by atoms with E-state index in [0.717, 1.165) is 21.7 Å². The van der Waals surface area contributed by atoms with Crippen molar-refractivity contribution in [1.82, 2.24) is 4.90 Å². The van der Waals surface area contributed by atoms with E-state index in [1.165, 1.54) is 0 Å². The zero-order valence-electron chi connectivity index (χ0n) is 13.1. The molecule has 0 bridgehead atoms. The molecule has 0 aliphatic rings. The second-order valence-electron chi connectivity index (χ2n) is 5.54. The van der Waals surface area contributed by atoms with Gasteiger partial charge in [0.25, 0.3) is 0 Å². The Balaban J connectivity index is 1.98. The number of hydrogen-bond acceptors (Lipinski definition) is 3.